The number of rotatable bonds is 3. The summed E-state index contributed by atoms with van der Waals surface area (Å²) in [6, 6.07) is 12.7. The molecule has 1 amide bonds. The predicted octanol–water partition coefficient (Wildman–Crippen LogP) is 5.80. The van der Waals surface area contributed by atoms with Crippen LogP contribution in [0, 0.1) is 5.82 Å². The van der Waals surface area contributed by atoms with Crippen LogP contribution in [-0.2, 0) is 4.79 Å². The summed E-state index contributed by atoms with van der Waals surface area (Å²) in [4.78, 5) is 13.4. The lowest BCUT2D eigenvalue weighted by Gasteiger charge is -2.24. The Balaban J connectivity index is 1.78. The van der Waals surface area contributed by atoms with Crippen LogP contribution >= 0.6 is 27.3 Å². The molecule has 1 N–H and O–H groups in total. The molecule has 132 valence electrons. The zero-order valence-electron chi connectivity index (χ0n) is 13.9. The zero-order chi connectivity index (χ0) is 18.3. The Morgan fingerprint density at radius 1 is 1.23 bits per heavy atom. The number of hydrogen-bond donors (Lipinski definition) is 1. The van der Waals surface area contributed by atoms with Gasteiger partial charge in [0.05, 0.1) is 17.3 Å². The van der Waals surface area contributed by atoms with Gasteiger partial charge in [0.2, 0.25) is 5.91 Å². The van der Waals surface area contributed by atoms with E-state index in [0.29, 0.717) is 10.9 Å². The molecular formula is C20H15BrFNO2S. The Morgan fingerprint density at radius 3 is 2.69 bits per heavy atom. The van der Waals surface area contributed by atoms with Crippen molar-refractivity contribution in [2.75, 3.05) is 12.4 Å². The van der Waals surface area contributed by atoms with Gasteiger partial charge in [-0.1, -0.05) is 18.2 Å². The molecule has 0 radical (unpaired) electrons. The lowest BCUT2D eigenvalue weighted by Crippen LogP contribution is -2.22. The van der Waals surface area contributed by atoms with Crippen molar-refractivity contribution >= 4 is 38.9 Å². The average molecular weight is 432 g/mol. The fourth-order valence-electron chi connectivity index (χ4n) is 3.21. The maximum Gasteiger partial charge on any atom is 0.225 e. The Kier molecular flexibility index (Phi) is 4.54. The van der Waals surface area contributed by atoms with Gasteiger partial charge in [0, 0.05) is 28.2 Å². The second kappa shape index (κ2) is 6.85. The number of ether oxygens (including phenoxy) is 1. The third-order valence-corrected chi connectivity index (χ3v) is 6.24. The van der Waals surface area contributed by atoms with Crippen LogP contribution in [0.3, 0.4) is 0 Å². The minimum atomic E-state index is -0.306. The number of nitrogens with one attached hydrogen (secondary N) is 1. The first kappa shape index (κ1) is 17.2. The van der Waals surface area contributed by atoms with E-state index in [1.54, 1.807) is 30.6 Å². The molecule has 2 aromatic carbocycles. The highest BCUT2D eigenvalue weighted by molar-refractivity contribution is 9.10. The molecule has 3 aromatic rings. The summed E-state index contributed by atoms with van der Waals surface area (Å²) in [5.74, 6) is 0.374. The van der Waals surface area contributed by atoms with E-state index >= 15 is 0 Å². The van der Waals surface area contributed by atoms with Crippen molar-refractivity contribution in [3.63, 3.8) is 0 Å². The molecule has 0 bridgehead atoms. The molecule has 1 aliphatic heterocycles. The molecule has 4 rings (SSSR count). The number of carbonyl (C=O) groups is 1. The molecule has 0 fully saturated rings. The maximum absolute atomic E-state index is 13.6. The second-order valence-corrected chi connectivity index (χ2v) is 7.86. The minimum absolute atomic E-state index is 0.0314. The molecule has 6 heteroatoms. The molecule has 0 unspecified atom stereocenters. The number of methoxy groups -OCH3 is 1. The predicted molar refractivity (Wildman–Crippen MR) is 105 cm³/mol. The molecule has 3 nitrogen and oxygen atoms in total. The normalized spacial score (nSPS) is 16.1. The van der Waals surface area contributed by atoms with Crippen LogP contribution in [0.2, 0.25) is 0 Å². The lowest BCUT2D eigenvalue weighted by molar-refractivity contribution is -0.116. The van der Waals surface area contributed by atoms with E-state index in [0.717, 1.165) is 33.0 Å². The number of halogens is 2. The summed E-state index contributed by atoms with van der Waals surface area (Å²) in [6.07, 6.45) is 0.355. The van der Waals surface area contributed by atoms with E-state index in [4.69, 9.17) is 4.74 Å². The standard InChI is InChI=1S/C20H15BrFNO2S/c1-25-13-5-2-11(3-6-13)15-10-26-20-14(9-18(24)23-19(15)20)12-4-7-17(22)16(21)8-12/h2-8,10,14H,9H2,1H3,(H,23,24)/t14-/m0/s1. The molecule has 0 aliphatic carbocycles. The Bertz CT molecular complexity index is 984. The van der Waals surface area contributed by atoms with Crippen LogP contribution in [0.15, 0.2) is 52.3 Å². The second-order valence-electron chi connectivity index (χ2n) is 6.10. The van der Waals surface area contributed by atoms with Gasteiger partial charge in [-0.15, -0.1) is 11.3 Å². The van der Waals surface area contributed by atoms with E-state index in [1.807, 2.05) is 24.3 Å². The summed E-state index contributed by atoms with van der Waals surface area (Å²) < 4.78 is 19.2. The zero-order valence-corrected chi connectivity index (χ0v) is 16.3. The highest BCUT2D eigenvalue weighted by Gasteiger charge is 2.30. The highest BCUT2D eigenvalue weighted by Crippen LogP contribution is 2.47. The van der Waals surface area contributed by atoms with Gasteiger partial charge >= 0.3 is 0 Å². The minimum Gasteiger partial charge on any atom is -0.497 e. The third kappa shape index (κ3) is 3.04. The van der Waals surface area contributed by atoms with Crippen LogP contribution < -0.4 is 10.1 Å². The van der Waals surface area contributed by atoms with Crippen LogP contribution in [-0.4, -0.2) is 13.0 Å². The number of anilines is 1. The van der Waals surface area contributed by atoms with Crippen LogP contribution in [0.4, 0.5) is 10.1 Å². The van der Waals surface area contributed by atoms with Gasteiger partial charge in [-0.3, -0.25) is 4.79 Å². The smallest absolute Gasteiger partial charge is 0.225 e. The van der Waals surface area contributed by atoms with Gasteiger partial charge in [0.15, 0.2) is 0 Å². The quantitative estimate of drug-likeness (QED) is 0.568. The number of amides is 1. The molecule has 1 aromatic heterocycles. The summed E-state index contributed by atoms with van der Waals surface area (Å²) >= 11 is 4.86. The topological polar surface area (TPSA) is 38.3 Å². The van der Waals surface area contributed by atoms with Gasteiger partial charge in [-0.05, 0) is 51.3 Å². The number of fused-ring (bicyclic) bond motifs is 1. The third-order valence-electron chi connectivity index (χ3n) is 4.54. The van der Waals surface area contributed by atoms with Gasteiger partial charge in [-0.2, -0.15) is 0 Å². The summed E-state index contributed by atoms with van der Waals surface area (Å²) in [6.45, 7) is 0. The molecule has 0 saturated heterocycles. The first-order valence-corrected chi connectivity index (χ1v) is 9.74. The van der Waals surface area contributed by atoms with E-state index in [1.165, 1.54) is 6.07 Å². The van der Waals surface area contributed by atoms with Crippen LogP contribution in [0.25, 0.3) is 11.1 Å². The lowest BCUT2D eigenvalue weighted by atomic mass is 9.89. The fourth-order valence-corrected chi connectivity index (χ4v) is 4.77. The van der Waals surface area contributed by atoms with Crippen LogP contribution in [0.1, 0.15) is 22.8 Å². The first-order chi connectivity index (χ1) is 12.6. The van der Waals surface area contributed by atoms with E-state index in [-0.39, 0.29) is 17.6 Å². The molecule has 0 saturated carbocycles. The van der Waals surface area contributed by atoms with Gasteiger partial charge in [-0.25, -0.2) is 4.39 Å². The molecule has 1 aliphatic rings. The monoisotopic (exact) mass is 431 g/mol. The van der Waals surface area contributed by atoms with E-state index in [9.17, 15) is 9.18 Å². The maximum atomic E-state index is 13.6. The van der Waals surface area contributed by atoms with Crippen molar-refractivity contribution in [3.05, 3.63) is 68.6 Å². The molecule has 2 heterocycles. The Morgan fingerprint density at radius 2 is 2.00 bits per heavy atom. The molecule has 1 atom stereocenters. The van der Waals surface area contributed by atoms with Crippen molar-refractivity contribution in [2.45, 2.75) is 12.3 Å². The fraction of sp³-hybridized carbons (Fsp3) is 0.150. The van der Waals surface area contributed by atoms with Gasteiger partial charge in [0.1, 0.15) is 11.6 Å². The SMILES string of the molecule is COc1ccc(-c2csc3c2NC(=O)C[C@H]3c2ccc(F)c(Br)c2)cc1. The number of benzene rings is 2. The summed E-state index contributed by atoms with van der Waals surface area (Å²) in [7, 11) is 1.63. The largest absolute Gasteiger partial charge is 0.497 e. The van der Waals surface area contributed by atoms with Gasteiger partial charge in [0.25, 0.3) is 0 Å². The van der Waals surface area contributed by atoms with Crippen molar-refractivity contribution in [3.8, 4) is 16.9 Å². The molecule has 0 spiro atoms. The Hall–Kier alpha value is -2.18. The van der Waals surface area contributed by atoms with Crippen molar-refractivity contribution < 1.29 is 13.9 Å². The first-order valence-electron chi connectivity index (χ1n) is 8.07. The number of thiophene rings is 1. The Labute approximate surface area is 162 Å². The number of hydrogen-bond acceptors (Lipinski definition) is 3. The summed E-state index contributed by atoms with van der Waals surface area (Å²) in [5.41, 5.74) is 3.79. The van der Waals surface area contributed by atoms with E-state index in [2.05, 4.69) is 26.6 Å². The number of carbonyl (C=O) groups excluding carboxylic acids is 1. The van der Waals surface area contributed by atoms with E-state index < -0.39 is 0 Å². The van der Waals surface area contributed by atoms with Crippen LogP contribution in [0.5, 0.6) is 5.75 Å². The molecular weight excluding hydrogens is 417 g/mol. The summed E-state index contributed by atoms with van der Waals surface area (Å²) in [5, 5.41) is 5.07. The van der Waals surface area contributed by atoms with Crippen molar-refractivity contribution in [1.82, 2.24) is 0 Å². The van der Waals surface area contributed by atoms with Crippen molar-refractivity contribution in [2.24, 2.45) is 0 Å². The highest BCUT2D eigenvalue weighted by atomic mass is 79.9. The molecule has 26 heavy (non-hydrogen) atoms. The van der Waals surface area contributed by atoms with Gasteiger partial charge < -0.3 is 10.1 Å². The van der Waals surface area contributed by atoms with Crippen molar-refractivity contribution in [1.29, 1.82) is 0 Å². The average Bonchev–Trinajstić information content (AvgIpc) is 3.07.